The molecule has 9 atom stereocenters. The molecule has 1 heterocycles. The quantitative estimate of drug-likeness (QED) is 0.362. The van der Waals surface area contributed by atoms with Gasteiger partial charge in [-0.25, -0.2) is 0 Å². The Kier molecular flexibility index (Phi) is 6.85. The second-order valence-electron chi connectivity index (χ2n) is 14.5. The Morgan fingerprint density at radius 2 is 1.59 bits per heavy atom. The van der Waals surface area contributed by atoms with E-state index in [1.54, 1.807) is 0 Å². The van der Waals surface area contributed by atoms with Gasteiger partial charge in [0.1, 0.15) is 0 Å². The van der Waals surface area contributed by atoms with Crippen LogP contribution in [0.1, 0.15) is 112 Å². The molecule has 4 saturated carbocycles. The average molecular weight is 471 g/mol. The summed E-state index contributed by atoms with van der Waals surface area (Å²) in [6, 6.07) is 0. The highest BCUT2D eigenvalue weighted by atomic mass is 16.7. The van der Waals surface area contributed by atoms with Crippen molar-refractivity contribution in [3.05, 3.63) is 12.2 Å². The Bertz CT molecular complexity index is 750. The number of ether oxygens (including phenoxy) is 2. The normalized spacial score (nSPS) is 46.2. The summed E-state index contributed by atoms with van der Waals surface area (Å²) in [7, 11) is 0. The van der Waals surface area contributed by atoms with Crippen molar-refractivity contribution >= 4 is 0 Å². The monoisotopic (exact) mass is 470 g/mol. The topological polar surface area (TPSA) is 18.5 Å². The van der Waals surface area contributed by atoms with Crippen LogP contribution in [0.15, 0.2) is 12.2 Å². The zero-order valence-corrected chi connectivity index (χ0v) is 23.3. The Morgan fingerprint density at radius 3 is 2.26 bits per heavy atom. The Labute approximate surface area is 211 Å². The lowest BCUT2D eigenvalue weighted by atomic mass is 9.43. The summed E-state index contributed by atoms with van der Waals surface area (Å²) in [5.41, 5.74) is 2.29. The third-order valence-corrected chi connectivity index (χ3v) is 12.3. The van der Waals surface area contributed by atoms with Gasteiger partial charge in [0.15, 0.2) is 5.79 Å². The van der Waals surface area contributed by atoms with Crippen LogP contribution < -0.4 is 0 Å². The maximum Gasteiger partial charge on any atom is 0.175 e. The maximum atomic E-state index is 6.37. The van der Waals surface area contributed by atoms with Crippen molar-refractivity contribution in [2.75, 3.05) is 13.2 Å². The van der Waals surface area contributed by atoms with Crippen molar-refractivity contribution in [2.24, 2.45) is 58.2 Å². The molecule has 1 saturated heterocycles. The SMILES string of the molecule is C=C(C)C1C[C@@]2(C)[C@@H](CC[C@@H]3[C@@H]2CC[C@]2(C)[C@@H]([C@H](C)CCCC(C)C)CC[C@@H]32)CC12OCCO2. The molecule has 2 heteroatoms. The smallest absolute Gasteiger partial charge is 0.175 e. The molecule has 0 radical (unpaired) electrons. The van der Waals surface area contributed by atoms with Crippen molar-refractivity contribution in [3.8, 4) is 0 Å². The molecule has 5 fully saturated rings. The van der Waals surface area contributed by atoms with Gasteiger partial charge in [0.05, 0.1) is 13.2 Å². The molecule has 0 aromatic rings. The van der Waals surface area contributed by atoms with E-state index in [1.165, 1.54) is 69.8 Å². The standard InChI is InChI=1S/C32H54O2/c1-21(2)9-8-10-23(5)26-13-14-27-25-12-11-24-19-32(33-17-18-34-32)29(22(3)4)20-31(24,7)28(25)15-16-30(26,27)6/h21,23-29H,3,8-20H2,1-2,4-7H3/t23-,24+,25+,26-,27+,28+,29?,30-,31+/m1/s1. The van der Waals surface area contributed by atoms with Crippen molar-refractivity contribution in [3.63, 3.8) is 0 Å². The second kappa shape index (κ2) is 9.20. The van der Waals surface area contributed by atoms with Gasteiger partial charge >= 0.3 is 0 Å². The first-order chi connectivity index (χ1) is 16.1. The van der Waals surface area contributed by atoms with E-state index < -0.39 is 0 Å². The third kappa shape index (κ3) is 3.96. The summed E-state index contributed by atoms with van der Waals surface area (Å²) in [6.07, 6.45) is 15.4. The van der Waals surface area contributed by atoms with Gasteiger partial charge in [0, 0.05) is 12.3 Å². The summed E-state index contributed by atoms with van der Waals surface area (Å²) < 4.78 is 12.7. The number of fused-ring (bicyclic) bond motifs is 5. The van der Waals surface area contributed by atoms with Crippen LogP contribution in [-0.2, 0) is 9.47 Å². The van der Waals surface area contributed by atoms with Crippen LogP contribution in [0.4, 0.5) is 0 Å². The van der Waals surface area contributed by atoms with Gasteiger partial charge in [-0.1, -0.05) is 66.0 Å². The van der Waals surface area contributed by atoms with Crippen LogP contribution in [0.25, 0.3) is 0 Å². The second-order valence-corrected chi connectivity index (χ2v) is 14.5. The van der Waals surface area contributed by atoms with E-state index in [2.05, 4.69) is 48.1 Å². The molecule has 34 heavy (non-hydrogen) atoms. The molecular formula is C32H54O2. The fourth-order valence-electron chi connectivity index (χ4n) is 10.6. The molecule has 4 aliphatic carbocycles. The predicted octanol–water partition coefficient (Wildman–Crippen LogP) is 8.65. The van der Waals surface area contributed by atoms with E-state index >= 15 is 0 Å². The molecule has 0 N–H and O–H groups in total. The average Bonchev–Trinajstić information content (AvgIpc) is 3.38. The van der Waals surface area contributed by atoms with Gasteiger partial charge in [0.2, 0.25) is 0 Å². The largest absolute Gasteiger partial charge is 0.347 e. The van der Waals surface area contributed by atoms with Gasteiger partial charge in [-0.3, -0.25) is 0 Å². The molecular weight excluding hydrogens is 416 g/mol. The minimum Gasteiger partial charge on any atom is -0.347 e. The number of hydrogen-bond donors (Lipinski definition) is 0. The van der Waals surface area contributed by atoms with E-state index in [4.69, 9.17) is 9.47 Å². The highest BCUT2D eigenvalue weighted by molar-refractivity contribution is 5.16. The van der Waals surface area contributed by atoms with E-state index in [9.17, 15) is 0 Å². The summed E-state index contributed by atoms with van der Waals surface area (Å²) in [5.74, 6) is 6.24. The zero-order valence-electron chi connectivity index (χ0n) is 23.3. The molecule has 1 unspecified atom stereocenters. The van der Waals surface area contributed by atoms with Crippen LogP contribution in [0.5, 0.6) is 0 Å². The molecule has 194 valence electrons. The Morgan fingerprint density at radius 1 is 0.882 bits per heavy atom. The fourth-order valence-corrected chi connectivity index (χ4v) is 10.6. The van der Waals surface area contributed by atoms with Crippen LogP contribution in [-0.4, -0.2) is 19.0 Å². The van der Waals surface area contributed by atoms with Gasteiger partial charge in [-0.2, -0.15) is 0 Å². The minimum atomic E-state index is -0.365. The minimum absolute atomic E-state index is 0.362. The molecule has 5 aliphatic rings. The van der Waals surface area contributed by atoms with E-state index in [1.807, 2.05) is 0 Å². The third-order valence-electron chi connectivity index (χ3n) is 12.3. The first-order valence-electron chi connectivity index (χ1n) is 15.0. The Balaban J connectivity index is 1.33. The summed E-state index contributed by atoms with van der Waals surface area (Å²) in [6.45, 7) is 21.0. The number of hydrogen-bond acceptors (Lipinski definition) is 2. The fraction of sp³-hybridized carbons (Fsp3) is 0.938. The molecule has 1 spiro atoms. The van der Waals surface area contributed by atoms with Crippen LogP contribution >= 0.6 is 0 Å². The van der Waals surface area contributed by atoms with Crippen molar-refractivity contribution in [2.45, 2.75) is 118 Å². The molecule has 2 nitrogen and oxygen atoms in total. The van der Waals surface area contributed by atoms with Crippen LogP contribution in [0.3, 0.4) is 0 Å². The van der Waals surface area contributed by atoms with Crippen molar-refractivity contribution in [1.29, 1.82) is 0 Å². The van der Waals surface area contributed by atoms with Gasteiger partial charge in [-0.15, -0.1) is 0 Å². The van der Waals surface area contributed by atoms with Gasteiger partial charge in [0.25, 0.3) is 0 Å². The molecule has 5 rings (SSSR count). The summed E-state index contributed by atoms with van der Waals surface area (Å²) >= 11 is 0. The highest BCUT2D eigenvalue weighted by Crippen LogP contribution is 2.70. The maximum absolute atomic E-state index is 6.37. The lowest BCUT2D eigenvalue weighted by Gasteiger charge is -2.63. The first kappa shape index (κ1) is 25.3. The predicted molar refractivity (Wildman–Crippen MR) is 141 cm³/mol. The highest BCUT2D eigenvalue weighted by Gasteiger charge is 2.64. The van der Waals surface area contributed by atoms with Crippen molar-refractivity contribution < 1.29 is 9.47 Å². The molecule has 0 bridgehead atoms. The molecule has 1 aliphatic heterocycles. The lowest BCUT2D eigenvalue weighted by molar-refractivity contribution is -0.253. The molecule has 0 aromatic carbocycles. The van der Waals surface area contributed by atoms with E-state index in [-0.39, 0.29) is 5.79 Å². The first-order valence-corrected chi connectivity index (χ1v) is 15.0. The van der Waals surface area contributed by atoms with Crippen LogP contribution in [0, 0.1) is 58.2 Å². The van der Waals surface area contributed by atoms with Crippen molar-refractivity contribution in [1.82, 2.24) is 0 Å². The lowest BCUT2D eigenvalue weighted by Crippen LogP contribution is -2.59. The Hall–Kier alpha value is -0.340. The molecule has 0 aromatic heterocycles. The van der Waals surface area contributed by atoms with Gasteiger partial charge < -0.3 is 9.47 Å². The zero-order chi connectivity index (χ0) is 24.3. The van der Waals surface area contributed by atoms with Crippen LogP contribution in [0.2, 0.25) is 0 Å². The molecule has 0 amide bonds. The van der Waals surface area contributed by atoms with E-state index in [0.717, 1.165) is 61.1 Å². The van der Waals surface area contributed by atoms with Gasteiger partial charge in [-0.05, 0) is 104 Å². The summed E-state index contributed by atoms with van der Waals surface area (Å²) in [5, 5.41) is 0. The number of rotatable bonds is 6. The van der Waals surface area contributed by atoms with E-state index in [0.29, 0.717) is 16.7 Å². The summed E-state index contributed by atoms with van der Waals surface area (Å²) in [4.78, 5) is 0.